The standard InChI is InChI=1S/C13H12ClNO3S/c1-7(16)11-6-15-13(19-11)8-4-9(14)12(18-3)10(5-8)17-2/h4-6H,1-3H3. The van der Waals surface area contributed by atoms with Gasteiger partial charge in [-0.05, 0) is 12.1 Å². The van der Waals surface area contributed by atoms with Crippen LogP contribution >= 0.6 is 22.9 Å². The molecule has 1 heterocycles. The lowest BCUT2D eigenvalue weighted by Gasteiger charge is -2.10. The number of ketones is 1. The largest absolute Gasteiger partial charge is 0.493 e. The molecule has 0 radical (unpaired) electrons. The van der Waals surface area contributed by atoms with E-state index in [1.807, 2.05) is 0 Å². The Balaban J connectivity index is 2.50. The van der Waals surface area contributed by atoms with E-state index in [1.165, 1.54) is 25.4 Å². The topological polar surface area (TPSA) is 48.4 Å². The number of halogens is 1. The molecule has 1 aromatic heterocycles. The first kappa shape index (κ1) is 13.8. The minimum absolute atomic E-state index is 0.00433. The number of carbonyl (C=O) groups excluding carboxylic acids is 1. The van der Waals surface area contributed by atoms with Gasteiger partial charge in [0.25, 0.3) is 0 Å². The molecule has 0 fully saturated rings. The molecule has 0 amide bonds. The summed E-state index contributed by atoms with van der Waals surface area (Å²) < 4.78 is 10.4. The van der Waals surface area contributed by atoms with E-state index in [-0.39, 0.29) is 5.78 Å². The molecule has 0 spiro atoms. The predicted octanol–water partition coefficient (Wildman–Crippen LogP) is 3.68. The van der Waals surface area contributed by atoms with Crippen molar-refractivity contribution in [3.63, 3.8) is 0 Å². The lowest BCUT2D eigenvalue weighted by molar-refractivity contribution is 0.102. The summed E-state index contributed by atoms with van der Waals surface area (Å²) in [4.78, 5) is 16.1. The molecule has 2 aromatic rings. The average Bonchev–Trinajstić information content (AvgIpc) is 2.87. The first-order chi connectivity index (χ1) is 9.06. The van der Waals surface area contributed by atoms with Crippen LogP contribution < -0.4 is 9.47 Å². The van der Waals surface area contributed by atoms with Gasteiger partial charge in [-0.1, -0.05) is 11.6 Å². The monoisotopic (exact) mass is 297 g/mol. The molecule has 0 saturated heterocycles. The fourth-order valence-corrected chi connectivity index (χ4v) is 2.70. The van der Waals surface area contributed by atoms with Gasteiger partial charge in [-0.2, -0.15) is 0 Å². The van der Waals surface area contributed by atoms with Gasteiger partial charge >= 0.3 is 0 Å². The smallest absolute Gasteiger partial charge is 0.179 e. The molecule has 4 nitrogen and oxygen atoms in total. The first-order valence-electron chi connectivity index (χ1n) is 5.45. The van der Waals surface area contributed by atoms with E-state index in [4.69, 9.17) is 21.1 Å². The Morgan fingerprint density at radius 1 is 1.32 bits per heavy atom. The number of rotatable bonds is 4. The van der Waals surface area contributed by atoms with Crippen molar-refractivity contribution in [2.45, 2.75) is 6.92 Å². The minimum atomic E-state index is -0.00433. The van der Waals surface area contributed by atoms with Crippen molar-refractivity contribution >= 4 is 28.7 Å². The van der Waals surface area contributed by atoms with Crippen molar-refractivity contribution in [3.05, 3.63) is 28.2 Å². The van der Waals surface area contributed by atoms with Gasteiger partial charge in [0.2, 0.25) is 0 Å². The van der Waals surface area contributed by atoms with Crippen molar-refractivity contribution < 1.29 is 14.3 Å². The number of benzene rings is 1. The highest BCUT2D eigenvalue weighted by molar-refractivity contribution is 7.16. The van der Waals surface area contributed by atoms with Gasteiger partial charge in [-0.25, -0.2) is 4.98 Å². The zero-order valence-electron chi connectivity index (χ0n) is 10.7. The van der Waals surface area contributed by atoms with Crippen LogP contribution in [0.25, 0.3) is 10.6 Å². The third kappa shape index (κ3) is 2.72. The molecule has 0 atom stereocenters. The van der Waals surface area contributed by atoms with Gasteiger partial charge in [-0.15, -0.1) is 11.3 Å². The van der Waals surface area contributed by atoms with E-state index in [1.54, 1.807) is 25.4 Å². The van der Waals surface area contributed by atoms with Crippen LogP contribution in [0.5, 0.6) is 11.5 Å². The third-order valence-corrected chi connectivity index (χ3v) is 3.96. The van der Waals surface area contributed by atoms with Crippen molar-refractivity contribution in [2.75, 3.05) is 14.2 Å². The summed E-state index contributed by atoms with van der Waals surface area (Å²) in [5.74, 6) is 1.01. The molecule has 0 bridgehead atoms. The number of aromatic nitrogens is 1. The maximum Gasteiger partial charge on any atom is 0.179 e. The lowest BCUT2D eigenvalue weighted by Crippen LogP contribution is -1.92. The van der Waals surface area contributed by atoms with Gasteiger partial charge < -0.3 is 9.47 Å². The summed E-state index contributed by atoms with van der Waals surface area (Å²) in [5.41, 5.74) is 0.792. The van der Waals surface area contributed by atoms with E-state index in [0.29, 0.717) is 26.4 Å². The van der Waals surface area contributed by atoms with Crippen LogP contribution in [0.2, 0.25) is 5.02 Å². The molecule has 19 heavy (non-hydrogen) atoms. The Bertz CT molecular complexity index is 624. The average molecular weight is 298 g/mol. The summed E-state index contributed by atoms with van der Waals surface area (Å²) in [6.45, 7) is 1.51. The fourth-order valence-electron chi connectivity index (χ4n) is 1.61. The van der Waals surface area contributed by atoms with Gasteiger partial charge in [0, 0.05) is 18.7 Å². The molecular formula is C13H12ClNO3S. The van der Waals surface area contributed by atoms with E-state index in [2.05, 4.69) is 4.98 Å². The Hall–Kier alpha value is -1.59. The number of thiazole rings is 1. The molecule has 0 N–H and O–H groups in total. The molecule has 0 aliphatic heterocycles. The number of carbonyl (C=O) groups is 1. The van der Waals surface area contributed by atoms with Crippen molar-refractivity contribution in [1.29, 1.82) is 0 Å². The van der Waals surface area contributed by atoms with Gasteiger partial charge in [0.15, 0.2) is 17.3 Å². The SMILES string of the molecule is COc1cc(-c2ncc(C(C)=O)s2)cc(Cl)c1OC. The van der Waals surface area contributed by atoms with Crippen LogP contribution in [0.4, 0.5) is 0 Å². The highest BCUT2D eigenvalue weighted by Crippen LogP contribution is 2.40. The number of hydrogen-bond acceptors (Lipinski definition) is 5. The van der Waals surface area contributed by atoms with Crippen LogP contribution in [-0.4, -0.2) is 25.0 Å². The van der Waals surface area contributed by atoms with Gasteiger partial charge in [0.05, 0.1) is 24.1 Å². The summed E-state index contributed by atoms with van der Waals surface area (Å²) in [5, 5.41) is 1.16. The fraction of sp³-hybridized carbons (Fsp3) is 0.231. The molecule has 6 heteroatoms. The predicted molar refractivity (Wildman–Crippen MR) is 75.7 cm³/mol. The second-order valence-corrected chi connectivity index (χ2v) is 5.22. The molecule has 2 rings (SSSR count). The molecule has 0 unspecified atom stereocenters. The van der Waals surface area contributed by atoms with Crippen molar-refractivity contribution in [3.8, 4) is 22.1 Å². The van der Waals surface area contributed by atoms with E-state index >= 15 is 0 Å². The highest BCUT2D eigenvalue weighted by atomic mass is 35.5. The summed E-state index contributed by atoms with van der Waals surface area (Å²) >= 11 is 7.46. The molecule has 100 valence electrons. The maximum absolute atomic E-state index is 11.3. The van der Waals surface area contributed by atoms with Gasteiger partial charge in [-0.3, -0.25) is 4.79 Å². The molecular weight excluding hydrogens is 286 g/mol. The van der Waals surface area contributed by atoms with E-state index in [0.717, 1.165) is 5.56 Å². The number of hydrogen-bond donors (Lipinski definition) is 0. The minimum Gasteiger partial charge on any atom is -0.493 e. The van der Waals surface area contributed by atoms with Crippen LogP contribution in [0.3, 0.4) is 0 Å². The molecule has 1 aromatic carbocycles. The quantitative estimate of drug-likeness (QED) is 0.808. The number of ether oxygens (including phenoxy) is 2. The summed E-state index contributed by atoms with van der Waals surface area (Å²) in [6.07, 6.45) is 1.56. The first-order valence-corrected chi connectivity index (χ1v) is 6.65. The Kier molecular flexibility index (Phi) is 4.07. The maximum atomic E-state index is 11.3. The summed E-state index contributed by atoms with van der Waals surface area (Å²) in [7, 11) is 3.07. The molecule has 0 aliphatic rings. The summed E-state index contributed by atoms with van der Waals surface area (Å²) in [6, 6.07) is 3.53. The normalized spacial score (nSPS) is 10.3. The van der Waals surface area contributed by atoms with Crippen LogP contribution in [0.15, 0.2) is 18.3 Å². The van der Waals surface area contributed by atoms with E-state index < -0.39 is 0 Å². The van der Waals surface area contributed by atoms with Crippen LogP contribution in [-0.2, 0) is 0 Å². The van der Waals surface area contributed by atoms with Crippen molar-refractivity contribution in [2.24, 2.45) is 0 Å². The second kappa shape index (κ2) is 5.59. The zero-order chi connectivity index (χ0) is 14.0. The number of Topliss-reactive ketones (excluding diaryl/α,β-unsaturated/α-hetero) is 1. The van der Waals surface area contributed by atoms with Crippen LogP contribution in [0.1, 0.15) is 16.6 Å². The molecule has 0 saturated carbocycles. The lowest BCUT2D eigenvalue weighted by atomic mass is 10.2. The third-order valence-electron chi connectivity index (χ3n) is 2.53. The number of nitrogens with zero attached hydrogens (tertiary/aromatic N) is 1. The molecule has 0 aliphatic carbocycles. The Morgan fingerprint density at radius 2 is 2.05 bits per heavy atom. The van der Waals surface area contributed by atoms with Crippen LogP contribution in [0, 0.1) is 0 Å². The zero-order valence-corrected chi connectivity index (χ0v) is 12.3. The highest BCUT2D eigenvalue weighted by Gasteiger charge is 2.14. The second-order valence-electron chi connectivity index (χ2n) is 3.78. The Morgan fingerprint density at radius 3 is 2.58 bits per heavy atom. The number of methoxy groups -OCH3 is 2. The Labute approximate surface area is 120 Å². The van der Waals surface area contributed by atoms with Gasteiger partial charge in [0.1, 0.15) is 5.01 Å². The van der Waals surface area contributed by atoms with Crippen molar-refractivity contribution in [1.82, 2.24) is 4.98 Å². The van der Waals surface area contributed by atoms with E-state index in [9.17, 15) is 4.79 Å².